The van der Waals surface area contributed by atoms with Crippen LogP contribution in [-0.2, 0) is 0 Å². The Morgan fingerprint density at radius 3 is 1.34 bits per heavy atom. The van der Waals surface area contributed by atoms with Crippen LogP contribution in [0.3, 0.4) is 0 Å². The van der Waals surface area contributed by atoms with E-state index in [-0.39, 0.29) is 0 Å². The van der Waals surface area contributed by atoms with E-state index in [4.69, 9.17) is 8.83 Å². The van der Waals surface area contributed by atoms with Gasteiger partial charge < -0.3 is 8.83 Å². The Labute approximate surface area is 287 Å². The second-order valence-electron chi connectivity index (χ2n) is 13.2. The van der Waals surface area contributed by atoms with E-state index in [0.29, 0.717) is 0 Å². The van der Waals surface area contributed by atoms with E-state index >= 15 is 0 Å². The number of para-hydroxylation sites is 2. The van der Waals surface area contributed by atoms with Crippen LogP contribution >= 0.6 is 0 Å². The van der Waals surface area contributed by atoms with E-state index < -0.39 is 0 Å². The van der Waals surface area contributed by atoms with E-state index in [1.807, 2.05) is 24.3 Å². The topological polar surface area (TPSA) is 26.3 Å². The molecule has 0 fully saturated rings. The summed E-state index contributed by atoms with van der Waals surface area (Å²) in [5.41, 5.74) is 10.8. The summed E-state index contributed by atoms with van der Waals surface area (Å²) >= 11 is 0. The molecule has 0 N–H and O–H groups in total. The largest absolute Gasteiger partial charge is 0.456 e. The van der Waals surface area contributed by atoms with Crippen molar-refractivity contribution < 1.29 is 8.83 Å². The minimum Gasteiger partial charge on any atom is -0.456 e. The van der Waals surface area contributed by atoms with Crippen molar-refractivity contribution in [3.63, 3.8) is 0 Å². The van der Waals surface area contributed by atoms with Crippen molar-refractivity contribution in [3.8, 4) is 33.4 Å². The highest BCUT2D eigenvalue weighted by molar-refractivity contribution is 6.20. The van der Waals surface area contributed by atoms with Crippen molar-refractivity contribution in [2.45, 2.75) is 0 Å². The molecule has 0 unspecified atom stereocenters. The molecule has 2 nitrogen and oxygen atoms in total. The fraction of sp³-hybridized carbons (Fsp3) is 0. The summed E-state index contributed by atoms with van der Waals surface area (Å²) in [6, 6.07) is 61.2. The lowest BCUT2D eigenvalue weighted by Crippen LogP contribution is -1.91. The average Bonchev–Trinajstić information content (AvgIpc) is 3.74. The van der Waals surface area contributed by atoms with Crippen LogP contribution in [0.25, 0.3) is 110 Å². The summed E-state index contributed by atoms with van der Waals surface area (Å²) in [7, 11) is 0. The number of hydrogen-bond donors (Lipinski definition) is 0. The Hall–Kier alpha value is -6.64. The SMILES string of the molecule is c1ccc2cc(-c3c4cccc(-c5ccc6oc7ccccc7c6c5)c4cc4c(-c5ccc6oc7ccccc7c6c5)cccc34)ccc2c1. The van der Waals surface area contributed by atoms with Gasteiger partial charge in [-0.1, -0.05) is 121 Å². The van der Waals surface area contributed by atoms with Gasteiger partial charge in [-0.2, -0.15) is 0 Å². The third-order valence-electron chi connectivity index (χ3n) is 10.5. The first kappa shape index (κ1) is 27.3. The molecule has 50 heavy (non-hydrogen) atoms. The first-order valence-electron chi connectivity index (χ1n) is 17.1. The normalized spacial score (nSPS) is 12.0. The molecule has 0 saturated carbocycles. The highest BCUT2D eigenvalue weighted by Crippen LogP contribution is 2.45. The quantitative estimate of drug-likeness (QED) is 0.180. The van der Waals surface area contributed by atoms with Crippen LogP contribution in [0, 0.1) is 0 Å². The van der Waals surface area contributed by atoms with Gasteiger partial charge >= 0.3 is 0 Å². The lowest BCUT2D eigenvalue weighted by molar-refractivity contribution is 0.668. The average molecular weight is 637 g/mol. The van der Waals surface area contributed by atoms with Crippen molar-refractivity contribution >= 4 is 76.2 Å². The van der Waals surface area contributed by atoms with Crippen LogP contribution in [0.4, 0.5) is 0 Å². The molecular weight excluding hydrogens is 609 g/mol. The van der Waals surface area contributed by atoms with Crippen molar-refractivity contribution in [3.05, 3.63) is 170 Å². The minimum atomic E-state index is 0.905. The number of furan rings is 2. The fourth-order valence-electron chi connectivity index (χ4n) is 8.11. The molecule has 9 aromatic carbocycles. The van der Waals surface area contributed by atoms with Gasteiger partial charge in [0.05, 0.1) is 0 Å². The van der Waals surface area contributed by atoms with Crippen molar-refractivity contribution in [2.24, 2.45) is 0 Å². The summed E-state index contributed by atoms with van der Waals surface area (Å²) < 4.78 is 12.4. The summed E-state index contributed by atoms with van der Waals surface area (Å²) in [5.74, 6) is 0. The van der Waals surface area contributed by atoms with Crippen LogP contribution in [-0.4, -0.2) is 0 Å². The highest BCUT2D eigenvalue weighted by Gasteiger charge is 2.18. The van der Waals surface area contributed by atoms with Gasteiger partial charge in [0.25, 0.3) is 0 Å². The van der Waals surface area contributed by atoms with Crippen molar-refractivity contribution in [2.75, 3.05) is 0 Å². The molecule has 232 valence electrons. The molecule has 0 aliphatic heterocycles. The van der Waals surface area contributed by atoms with Crippen molar-refractivity contribution in [1.82, 2.24) is 0 Å². The van der Waals surface area contributed by atoms with Gasteiger partial charge in [-0.15, -0.1) is 0 Å². The third kappa shape index (κ3) is 4.03. The predicted molar refractivity (Wildman–Crippen MR) is 210 cm³/mol. The molecular formula is C48H28O2. The van der Waals surface area contributed by atoms with Gasteiger partial charge in [-0.25, -0.2) is 0 Å². The number of rotatable bonds is 3. The molecule has 0 saturated heterocycles. The van der Waals surface area contributed by atoms with E-state index in [1.54, 1.807) is 0 Å². The van der Waals surface area contributed by atoms with E-state index in [9.17, 15) is 0 Å². The van der Waals surface area contributed by atoms with Gasteiger partial charge in [0.2, 0.25) is 0 Å². The molecule has 2 aromatic heterocycles. The van der Waals surface area contributed by atoms with Crippen LogP contribution in [0.15, 0.2) is 179 Å². The van der Waals surface area contributed by atoms with Crippen LogP contribution in [0.2, 0.25) is 0 Å². The maximum absolute atomic E-state index is 6.21. The van der Waals surface area contributed by atoms with Crippen molar-refractivity contribution in [1.29, 1.82) is 0 Å². The molecule has 0 spiro atoms. The van der Waals surface area contributed by atoms with Gasteiger partial charge in [-0.3, -0.25) is 0 Å². The second kappa shape index (κ2) is 10.4. The van der Waals surface area contributed by atoms with Gasteiger partial charge in [0.15, 0.2) is 0 Å². The molecule has 0 aliphatic rings. The lowest BCUT2D eigenvalue weighted by Gasteiger charge is -2.18. The number of benzene rings is 9. The second-order valence-corrected chi connectivity index (χ2v) is 13.2. The Kier molecular flexibility index (Phi) is 5.70. The van der Waals surface area contributed by atoms with Crippen LogP contribution in [0.1, 0.15) is 0 Å². The summed E-state index contributed by atoms with van der Waals surface area (Å²) in [6.07, 6.45) is 0. The molecule has 11 aromatic rings. The molecule has 0 radical (unpaired) electrons. The van der Waals surface area contributed by atoms with E-state index in [0.717, 1.165) is 43.9 Å². The smallest absolute Gasteiger partial charge is 0.135 e. The molecule has 2 heterocycles. The first-order valence-corrected chi connectivity index (χ1v) is 17.1. The monoisotopic (exact) mass is 636 g/mol. The van der Waals surface area contributed by atoms with Gasteiger partial charge in [0.1, 0.15) is 22.3 Å². The minimum absolute atomic E-state index is 0.905. The Bertz CT molecular complexity index is 2980. The molecule has 2 heteroatoms. The molecule has 0 bridgehead atoms. The van der Waals surface area contributed by atoms with Gasteiger partial charge in [-0.05, 0) is 114 Å². The zero-order chi connectivity index (χ0) is 32.8. The molecule has 0 amide bonds. The third-order valence-corrected chi connectivity index (χ3v) is 10.5. The summed E-state index contributed by atoms with van der Waals surface area (Å²) in [5, 5.41) is 11.9. The zero-order valence-corrected chi connectivity index (χ0v) is 27.0. The number of hydrogen-bond acceptors (Lipinski definition) is 2. The lowest BCUT2D eigenvalue weighted by atomic mass is 9.85. The maximum Gasteiger partial charge on any atom is 0.135 e. The Morgan fingerprint density at radius 2 is 0.740 bits per heavy atom. The fourth-order valence-corrected chi connectivity index (χ4v) is 8.11. The van der Waals surface area contributed by atoms with E-state index in [2.05, 4.69) is 146 Å². The number of fused-ring (bicyclic) bond motifs is 9. The summed E-state index contributed by atoms with van der Waals surface area (Å²) in [4.78, 5) is 0. The Morgan fingerprint density at radius 1 is 0.260 bits per heavy atom. The Balaban J connectivity index is 1.23. The molecule has 0 aliphatic carbocycles. The van der Waals surface area contributed by atoms with Crippen LogP contribution in [0.5, 0.6) is 0 Å². The molecule has 11 rings (SSSR count). The van der Waals surface area contributed by atoms with Crippen LogP contribution < -0.4 is 0 Å². The standard InChI is InChI=1S/C48H28O2/c1-2-10-30-25-33(20-19-29(30)9-1)48-38-15-7-13-34(31-21-23-46-42(26-31)36-11-3-5-17-44(36)49-46)40(38)28-41-35(14-8-16-39(41)48)32-22-24-47-43(27-32)37-12-4-6-18-45(37)50-47/h1-28H. The maximum atomic E-state index is 6.21. The highest BCUT2D eigenvalue weighted by atomic mass is 16.3. The zero-order valence-electron chi connectivity index (χ0n) is 27.0. The molecule has 0 atom stereocenters. The first-order chi connectivity index (χ1) is 24.8. The summed E-state index contributed by atoms with van der Waals surface area (Å²) in [6.45, 7) is 0. The van der Waals surface area contributed by atoms with E-state index in [1.165, 1.54) is 65.7 Å². The predicted octanol–water partition coefficient (Wildman–Crippen LogP) is 13.9. The van der Waals surface area contributed by atoms with Gasteiger partial charge in [0, 0.05) is 21.5 Å².